The molecule has 0 aliphatic heterocycles. The van der Waals surface area contributed by atoms with Crippen molar-refractivity contribution in [1.82, 2.24) is 0 Å². The second-order valence-electron chi connectivity index (χ2n) is 3.40. The number of rotatable bonds is 1. The SMILES string of the molecule is Cc1ccc([N+](=O)[O-])c(C(F)(F)F)c1C(F)(F)F. The summed E-state index contributed by atoms with van der Waals surface area (Å²) in [6.45, 7) is 0.807. The van der Waals surface area contributed by atoms with E-state index in [0.29, 0.717) is 12.1 Å². The van der Waals surface area contributed by atoms with Crippen LogP contribution in [0.25, 0.3) is 0 Å². The summed E-state index contributed by atoms with van der Waals surface area (Å²) >= 11 is 0. The van der Waals surface area contributed by atoms with Crippen LogP contribution in [0.15, 0.2) is 12.1 Å². The van der Waals surface area contributed by atoms with Gasteiger partial charge < -0.3 is 0 Å². The quantitative estimate of drug-likeness (QED) is 0.442. The van der Waals surface area contributed by atoms with Crippen molar-refractivity contribution in [2.45, 2.75) is 19.3 Å². The number of halogens is 6. The maximum absolute atomic E-state index is 12.6. The molecule has 0 saturated heterocycles. The molecule has 18 heavy (non-hydrogen) atoms. The molecule has 0 aliphatic carbocycles. The first-order chi connectivity index (χ1) is 7.96. The Bertz CT molecular complexity index is 491. The molecule has 0 fully saturated rings. The number of hydrogen-bond donors (Lipinski definition) is 0. The van der Waals surface area contributed by atoms with E-state index >= 15 is 0 Å². The predicted octanol–water partition coefficient (Wildman–Crippen LogP) is 3.94. The lowest BCUT2D eigenvalue weighted by molar-refractivity contribution is -0.388. The highest BCUT2D eigenvalue weighted by Gasteiger charge is 2.49. The van der Waals surface area contributed by atoms with Gasteiger partial charge in [-0.25, -0.2) is 0 Å². The monoisotopic (exact) mass is 273 g/mol. The molecule has 0 heterocycles. The zero-order valence-corrected chi connectivity index (χ0v) is 8.69. The molecule has 1 rings (SSSR count). The third-order valence-electron chi connectivity index (χ3n) is 2.16. The molecule has 0 amide bonds. The fraction of sp³-hybridized carbons (Fsp3) is 0.333. The Hall–Kier alpha value is -1.80. The van der Waals surface area contributed by atoms with Crippen LogP contribution < -0.4 is 0 Å². The first-order valence-corrected chi connectivity index (χ1v) is 4.38. The molecule has 1 aromatic rings. The summed E-state index contributed by atoms with van der Waals surface area (Å²) in [7, 11) is 0. The van der Waals surface area contributed by atoms with E-state index in [9.17, 15) is 36.5 Å². The Labute approximate surface area is 96.2 Å². The molecule has 0 aromatic heterocycles. The average molecular weight is 273 g/mol. The number of hydrogen-bond acceptors (Lipinski definition) is 2. The lowest BCUT2D eigenvalue weighted by Crippen LogP contribution is -2.20. The Morgan fingerprint density at radius 1 is 1.00 bits per heavy atom. The fourth-order valence-corrected chi connectivity index (χ4v) is 1.50. The minimum absolute atomic E-state index is 0.410. The van der Waals surface area contributed by atoms with Crippen molar-refractivity contribution in [2.24, 2.45) is 0 Å². The van der Waals surface area contributed by atoms with Crippen LogP contribution in [0.5, 0.6) is 0 Å². The third kappa shape index (κ3) is 2.54. The van der Waals surface area contributed by atoms with E-state index in [1.54, 1.807) is 0 Å². The van der Waals surface area contributed by atoms with Crippen LogP contribution in [0, 0.1) is 17.0 Å². The highest BCUT2D eigenvalue weighted by molar-refractivity contribution is 5.52. The van der Waals surface area contributed by atoms with Gasteiger partial charge in [0.1, 0.15) is 5.56 Å². The Morgan fingerprint density at radius 3 is 1.78 bits per heavy atom. The lowest BCUT2D eigenvalue weighted by Gasteiger charge is -2.17. The average Bonchev–Trinajstić information content (AvgIpc) is 2.13. The van der Waals surface area contributed by atoms with Gasteiger partial charge in [0.05, 0.1) is 10.5 Å². The molecule has 0 N–H and O–H groups in total. The van der Waals surface area contributed by atoms with Crippen LogP contribution in [-0.4, -0.2) is 4.92 Å². The van der Waals surface area contributed by atoms with Crippen LogP contribution in [-0.2, 0) is 12.4 Å². The Kier molecular flexibility index (Phi) is 3.28. The second kappa shape index (κ2) is 4.14. The van der Waals surface area contributed by atoms with Crippen LogP contribution in [0.2, 0.25) is 0 Å². The van der Waals surface area contributed by atoms with Crippen LogP contribution >= 0.6 is 0 Å². The minimum Gasteiger partial charge on any atom is -0.258 e. The topological polar surface area (TPSA) is 43.1 Å². The molecule has 0 unspecified atom stereocenters. The Morgan fingerprint density at radius 2 is 1.44 bits per heavy atom. The molecule has 0 radical (unpaired) electrons. The number of nitrogens with zero attached hydrogens (tertiary/aromatic N) is 1. The normalized spacial score (nSPS) is 12.6. The molecule has 100 valence electrons. The molecule has 0 spiro atoms. The van der Waals surface area contributed by atoms with Gasteiger partial charge in [0.2, 0.25) is 0 Å². The van der Waals surface area contributed by atoms with Gasteiger partial charge in [-0.3, -0.25) is 10.1 Å². The van der Waals surface area contributed by atoms with Gasteiger partial charge in [-0.1, -0.05) is 6.07 Å². The summed E-state index contributed by atoms with van der Waals surface area (Å²) in [5.41, 5.74) is -6.62. The molecule has 1 aromatic carbocycles. The van der Waals surface area contributed by atoms with E-state index in [2.05, 4.69) is 0 Å². The van der Waals surface area contributed by atoms with Crippen molar-refractivity contribution < 1.29 is 31.3 Å². The highest BCUT2D eigenvalue weighted by Crippen LogP contribution is 2.45. The van der Waals surface area contributed by atoms with Gasteiger partial charge in [-0.05, 0) is 12.5 Å². The zero-order chi connectivity index (χ0) is 14.3. The van der Waals surface area contributed by atoms with E-state index in [-0.39, 0.29) is 0 Å². The lowest BCUT2D eigenvalue weighted by atomic mass is 9.99. The molecule has 0 saturated carbocycles. The van der Waals surface area contributed by atoms with Gasteiger partial charge in [-0.15, -0.1) is 0 Å². The number of nitro benzene ring substituents is 1. The molecule has 3 nitrogen and oxygen atoms in total. The van der Waals surface area contributed by atoms with Gasteiger partial charge in [0.15, 0.2) is 0 Å². The van der Waals surface area contributed by atoms with E-state index < -0.39 is 39.7 Å². The number of nitro groups is 1. The molecular formula is C9H5F6NO2. The third-order valence-corrected chi connectivity index (χ3v) is 2.16. The first-order valence-electron chi connectivity index (χ1n) is 4.38. The van der Waals surface area contributed by atoms with E-state index in [1.165, 1.54) is 0 Å². The predicted molar refractivity (Wildman–Crippen MR) is 47.8 cm³/mol. The number of aryl methyl sites for hydroxylation is 1. The van der Waals surface area contributed by atoms with Crippen molar-refractivity contribution in [3.05, 3.63) is 38.9 Å². The smallest absolute Gasteiger partial charge is 0.258 e. The molecule has 9 heteroatoms. The molecule has 0 atom stereocenters. The number of benzene rings is 1. The molecule has 0 aliphatic rings. The summed E-state index contributed by atoms with van der Waals surface area (Å²) in [6, 6.07) is 1.05. The maximum atomic E-state index is 12.6. The summed E-state index contributed by atoms with van der Waals surface area (Å²) in [5, 5.41) is 10.4. The van der Waals surface area contributed by atoms with Crippen molar-refractivity contribution in [1.29, 1.82) is 0 Å². The summed E-state index contributed by atoms with van der Waals surface area (Å²) in [5.74, 6) is 0. The summed E-state index contributed by atoms with van der Waals surface area (Å²) < 4.78 is 75.4. The summed E-state index contributed by atoms with van der Waals surface area (Å²) in [6.07, 6.45) is -10.8. The minimum atomic E-state index is -5.46. The molecule has 0 bridgehead atoms. The first kappa shape index (κ1) is 14.3. The van der Waals surface area contributed by atoms with Gasteiger partial charge in [0.25, 0.3) is 5.69 Å². The standard InChI is InChI=1S/C9H5F6NO2/c1-4-2-3-5(16(17)18)7(9(13,14)15)6(4)8(10,11)12/h2-3H,1H3. The van der Waals surface area contributed by atoms with E-state index in [0.717, 1.165) is 6.92 Å². The van der Waals surface area contributed by atoms with E-state index in [4.69, 9.17) is 0 Å². The largest absolute Gasteiger partial charge is 0.423 e. The van der Waals surface area contributed by atoms with Crippen LogP contribution in [0.1, 0.15) is 16.7 Å². The van der Waals surface area contributed by atoms with Crippen molar-refractivity contribution in [2.75, 3.05) is 0 Å². The van der Waals surface area contributed by atoms with Gasteiger partial charge in [0, 0.05) is 6.07 Å². The van der Waals surface area contributed by atoms with Crippen LogP contribution in [0.3, 0.4) is 0 Å². The zero-order valence-electron chi connectivity index (χ0n) is 8.69. The van der Waals surface area contributed by atoms with Gasteiger partial charge >= 0.3 is 12.4 Å². The Balaban J connectivity index is 3.79. The number of alkyl halides is 6. The van der Waals surface area contributed by atoms with Crippen molar-refractivity contribution >= 4 is 5.69 Å². The van der Waals surface area contributed by atoms with Crippen molar-refractivity contribution in [3.63, 3.8) is 0 Å². The summed E-state index contributed by atoms with van der Waals surface area (Å²) in [4.78, 5) is 8.91. The van der Waals surface area contributed by atoms with Crippen molar-refractivity contribution in [3.8, 4) is 0 Å². The maximum Gasteiger partial charge on any atom is 0.423 e. The highest BCUT2D eigenvalue weighted by atomic mass is 19.4. The van der Waals surface area contributed by atoms with Gasteiger partial charge in [-0.2, -0.15) is 26.3 Å². The fourth-order valence-electron chi connectivity index (χ4n) is 1.50. The molecular weight excluding hydrogens is 268 g/mol. The van der Waals surface area contributed by atoms with E-state index in [1.807, 2.05) is 0 Å². The van der Waals surface area contributed by atoms with Crippen LogP contribution in [0.4, 0.5) is 32.0 Å². The second-order valence-corrected chi connectivity index (χ2v) is 3.40.